The van der Waals surface area contributed by atoms with Gasteiger partial charge in [0, 0.05) is 38.8 Å². The van der Waals surface area contributed by atoms with E-state index in [-0.39, 0.29) is 12.5 Å². The molecule has 0 bridgehead atoms. The zero-order chi connectivity index (χ0) is 12.3. The van der Waals surface area contributed by atoms with Crippen molar-refractivity contribution in [1.82, 2.24) is 15.1 Å². The predicted molar refractivity (Wildman–Crippen MR) is 61.8 cm³/mol. The molecule has 96 valence electrons. The van der Waals surface area contributed by atoms with Crippen LogP contribution in [-0.2, 0) is 4.79 Å². The van der Waals surface area contributed by atoms with Crippen LogP contribution < -0.4 is 5.32 Å². The zero-order valence-corrected chi connectivity index (χ0v) is 9.89. The Morgan fingerprint density at radius 3 is 2.59 bits per heavy atom. The van der Waals surface area contributed by atoms with Crippen molar-refractivity contribution in [2.75, 3.05) is 32.7 Å². The lowest BCUT2D eigenvalue weighted by molar-refractivity contribution is -0.137. The van der Waals surface area contributed by atoms with Crippen molar-refractivity contribution in [3.05, 3.63) is 0 Å². The van der Waals surface area contributed by atoms with E-state index in [1.165, 1.54) is 0 Å². The number of likely N-dealkylation sites (tertiary alicyclic amines) is 1. The summed E-state index contributed by atoms with van der Waals surface area (Å²) in [7, 11) is 0. The predicted octanol–water partition coefficient (Wildman–Crippen LogP) is -0.0493. The van der Waals surface area contributed by atoms with E-state index in [2.05, 4.69) is 10.2 Å². The molecule has 0 atom stereocenters. The Kier molecular flexibility index (Phi) is 3.83. The first-order chi connectivity index (χ1) is 8.16. The minimum atomic E-state index is -0.744. The van der Waals surface area contributed by atoms with E-state index in [0.29, 0.717) is 12.6 Å². The molecule has 17 heavy (non-hydrogen) atoms. The van der Waals surface area contributed by atoms with Crippen molar-refractivity contribution in [1.29, 1.82) is 0 Å². The maximum Gasteiger partial charge on any atom is 0.317 e. The summed E-state index contributed by atoms with van der Waals surface area (Å²) < 4.78 is 0. The van der Waals surface area contributed by atoms with Gasteiger partial charge in [-0.25, -0.2) is 4.79 Å². The second-order valence-electron chi connectivity index (χ2n) is 4.64. The SMILES string of the molecule is O=C(O)CCN1CCC(N2CCNC2=O)CC1. The van der Waals surface area contributed by atoms with E-state index in [0.717, 1.165) is 39.0 Å². The molecule has 2 N–H and O–H groups in total. The topological polar surface area (TPSA) is 72.9 Å². The van der Waals surface area contributed by atoms with Gasteiger partial charge in [0.2, 0.25) is 0 Å². The van der Waals surface area contributed by atoms with Gasteiger partial charge in [-0.2, -0.15) is 0 Å². The largest absolute Gasteiger partial charge is 0.481 e. The summed E-state index contributed by atoms with van der Waals surface area (Å²) in [6.07, 6.45) is 2.11. The van der Waals surface area contributed by atoms with E-state index >= 15 is 0 Å². The number of rotatable bonds is 4. The normalized spacial score (nSPS) is 22.8. The molecule has 2 fully saturated rings. The quantitative estimate of drug-likeness (QED) is 0.724. The van der Waals surface area contributed by atoms with Crippen LogP contribution in [-0.4, -0.2) is 65.7 Å². The van der Waals surface area contributed by atoms with E-state index < -0.39 is 5.97 Å². The molecule has 6 heteroatoms. The molecule has 2 aliphatic rings. The van der Waals surface area contributed by atoms with Crippen LogP contribution >= 0.6 is 0 Å². The minimum Gasteiger partial charge on any atom is -0.481 e. The monoisotopic (exact) mass is 241 g/mol. The number of aliphatic carboxylic acids is 1. The first-order valence-corrected chi connectivity index (χ1v) is 6.15. The van der Waals surface area contributed by atoms with Crippen LogP contribution in [0.15, 0.2) is 0 Å². The molecule has 0 aromatic rings. The number of carboxylic acids is 1. The van der Waals surface area contributed by atoms with Gasteiger partial charge in [0.05, 0.1) is 6.42 Å². The van der Waals surface area contributed by atoms with Crippen LogP contribution in [0, 0.1) is 0 Å². The van der Waals surface area contributed by atoms with Gasteiger partial charge in [-0.05, 0) is 12.8 Å². The molecule has 2 heterocycles. The van der Waals surface area contributed by atoms with Crippen LogP contribution in [0.4, 0.5) is 4.79 Å². The Balaban J connectivity index is 1.74. The summed E-state index contributed by atoms with van der Waals surface area (Å²) in [4.78, 5) is 26.0. The number of piperidine rings is 1. The highest BCUT2D eigenvalue weighted by molar-refractivity contribution is 5.76. The van der Waals surface area contributed by atoms with E-state index in [4.69, 9.17) is 5.11 Å². The highest BCUT2D eigenvalue weighted by atomic mass is 16.4. The lowest BCUT2D eigenvalue weighted by Crippen LogP contribution is -2.46. The molecule has 0 saturated carbocycles. The van der Waals surface area contributed by atoms with Crippen molar-refractivity contribution >= 4 is 12.0 Å². The van der Waals surface area contributed by atoms with Gasteiger partial charge in [-0.15, -0.1) is 0 Å². The first kappa shape index (κ1) is 12.2. The fraction of sp³-hybridized carbons (Fsp3) is 0.818. The number of hydrogen-bond acceptors (Lipinski definition) is 3. The maximum atomic E-state index is 11.5. The van der Waals surface area contributed by atoms with Gasteiger partial charge in [-0.3, -0.25) is 4.79 Å². The summed E-state index contributed by atoms with van der Waals surface area (Å²) in [6.45, 7) is 3.95. The van der Waals surface area contributed by atoms with Gasteiger partial charge in [0.1, 0.15) is 0 Å². The molecule has 0 aromatic carbocycles. The fourth-order valence-electron chi connectivity index (χ4n) is 2.54. The van der Waals surface area contributed by atoms with Crippen molar-refractivity contribution in [3.8, 4) is 0 Å². The van der Waals surface area contributed by atoms with Crippen LogP contribution in [0.5, 0.6) is 0 Å². The molecule has 0 aromatic heterocycles. The summed E-state index contributed by atoms with van der Waals surface area (Å²) in [6, 6.07) is 0.382. The fourth-order valence-corrected chi connectivity index (χ4v) is 2.54. The molecule has 2 saturated heterocycles. The molecule has 0 radical (unpaired) electrons. The molecule has 2 aliphatic heterocycles. The van der Waals surface area contributed by atoms with E-state index in [1.54, 1.807) is 0 Å². The maximum absolute atomic E-state index is 11.5. The van der Waals surface area contributed by atoms with Crippen LogP contribution in [0.1, 0.15) is 19.3 Å². The Morgan fingerprint density at radius 1 is 1.35 bits per heavy atom. The molecule has 2 amide bonds. The number of carboxylic acid groups (broad SMARTS) is 1. The molecule has 0 unspecified atom stereocenters. The van der Waals surface area contributed by atoms with Gasteiger partial charge in [0.15, 0.2) is 0 Å². The van der Waals surface area contributed by atoms with Crippen LogP contribution in [0.3, 0.4) is 0 Å². The minimum absolute atomic E-state index is 0.0500. The molecular weight excluding hydrogens is 222 g/mol. The second kappa shape index (κ2) is 5.35. The Bertz CT molecular complexity index is 300. The smallest absolute Gasteiger partial charge is 0.317 e. The first-order valence-electron chi connectivity index (χ1n) is 6.15. The third-order valence-electron chi connectivity index (χ3n) is 3.53. The lowest BCUT2D eigenvalue weighted by Gasteiger charge is -2.35. The number of amides is 2. The Hall–Kier alpha value is -1.30. The van der Waals surface area contributed by atoms with Crippen LogP contribution in [0.2, 0.25) is 0 Å². The highest BCUT2D eigenvalue weighted by Gasteiger charge is 2.30. The zero-order valence-electron chi connectivity index (χ0n) is 9.89. The number of carbonyl (C=O) groups is 2. The molecule has 2 rings (SSSR count). The van der Waals surface area contributed by atoms with Gasteiger partial charge < -0.3 is 20.2 Å². The molecular formula is C11H19N3O3. The third kappa shape index (κ3) is 3.09. The van der Waals surface area contributed by atoms with E-state index in [9.17, 15) is 9.59 Å². The standard InChI is InChI=1S/C11H19N3O3/c15-10(16)3-7-13-5-1-9(2-6-13)14-8-4-12-11(14)17/h9H,1-8H2,(H,12,17)(H,15,16). The average Bonchev–Trinajstić information content (AvgIpc) is 2.73. The molecule has 0 aliphatic carbocycles. The van der Waals surface area contributed by atoms with Crippen molar-refractivity contribution in [2.24, 2.45) is 0 Å². The van der Waals surface area contributed by atoms with Gasteiger partial charge >= 0.3 is 12.0 Å². The van der Waals surface area contributed by atoms with Crippen molar-refractivity contribution < 1.29 is 14.7 Å². The molecule has 6 nitrogen and oxygen atoms in total. The Labute approximate surface area is 101 Å². The molecule has 0 spiro atoms. The van der Waals surface area contributed by atoms with Gasteiger partial charge in [0.25, 0.3) is 0 Å². The van der Waals surface area contributed by atoms with Crippen LogP contribution in [0.25, 0.3) is 0 Å². The lowest BCUT2D eigenvalue weighted by atomic mass is 10.0. The van der Waals surface area contributed by atoms with Gasteiger partial charge in [-0.1, -0.05) is 0 Å². The highest BCUT2D eigenvalue weighted by Crippen LogP contribution is 2.18. The second-order valence-corrected chi connectivity index (χ2v) is 4.64. The number of nitrogens with one attached hydrogen (secondary N) is 1. The third-order valence-corrected chi connectivity index (χ3v) is 3.53. The van der Waals surface area contributed by atoms with Crippen molar-refractivity contribution in [2.45, 2.75) is 25.3 Å². The van der Waals surface area contributed by atoms with Crippen molar-refractivity contribution in [3.63, 3.8) is 0 Å². The number of nitrogens with zero attached hydrogens (tertiary/aromatic N) is 2. The summed E-state index contributed by atoms with van der Waals surface area (Å²) >= 11 is 0. The summed E-state index contributed by atoms with van der Waals surface area (Å²) in [5.41, 5.74) is 0. The number of carbonyl (C=O) groups excluding carboxylic acids is 1. The summed E-state index contributed by atoms with van der Waals surface area (Å²) in [5.74, 6) is -0.744. The van der Waals surface area contributed by atoms with E-state index in [1.807, 2.05) is 4.90 Å². The summed E-state index contributed by atoms with van der Waals surface area (Å²) in [5, 5.41) is 11.4. The average molecular weight is 241 g/mol. The Morgan fingerprint density at radius 2 is 2.06 bits per heavy atom. The number of hydrogen-bond donors (Lipinski definition) is 2. The number of urea groups is 1.